The molecule has 2 aromatic rings. The Morgan fingerprint density at radius 2 is 1.61 bits per heavy atom. The highest BCUT2D eigenvalue weighted by molar-refractivity contribution is 5.20. The molecule has 0 aromatic heterocycles. The molecule has 0 bridgehead atoms. The minimum absolute atomic E-state index is 0.137. The van der Waals surface area contributed by atoms with Gasteiger partial charge in [-0.25, -0.2) is 8.78 Å². The lowest BCUT2D eigenvalue weighted by Gasteiger charge is -2.14. The number of halogens is 2. The summed E-state index contributed by atoms with van der Waals surface area (Å²) in [6, 6.07) is 13.6. The lowest BCUT2D eigenvalue weighted by molar-refractivity contribution is 0.554. The quantitative estimate of drug-likeness (QED) is 0.866. The van der Waals surface area contributed by atoms with Crippen LogP contribution in [0.2, 0.25) is 0 Å². The predicted molar refractivity (Wildman–Crippen MR) is 68.1 cm³/mol. The summed E-state index contributed by atoms with van der Waals surface area (Å²) in [5.41, 5.74) is 1.75. The molecule has 0 saturated heterocycles. The van der Waals surface area contributed by atoms with Gasteiger partial charge in [-0.05, 0) is 30.2 Å². The standard InChI is InChI=1S/C15H15F2N/c1-11(13-5-3-2-4-6-13)18-10-12-7-14(16)9-15(17)8-12/h2-9,11,18H,10H2,1H3/t11-/m1/s1. The average molecular weight is 247 g/mol. The van der Waals surface area contributed by atoms with Gasteiger partial charge in [0.05, 0.1) is 0 Å². The molecule has 0 aliphatic rings. The van der Waals surface area contributed by atoms with Gasteiger partial charge in [0.25, 0.3) is 0 Å². The molecular weight excluding hydrogens is 232 g/mol. The van der Waals surface area contributed by atoms with Gasteiger partial charge in [0.15, 0.2) is 0 Å². The number of hydrogen-bond donors (Lipinski definition) is 1. The van der Waals surface area contributed by atoms with Crippen LogP contribution in [0.15, 0.2) is 48.5 Å². The SMILES string of the molecule is C[C@@H](NCc1cc(F)cc(F)c1)c1ccccc1. The molecule has 1 N–H and O–H groups in total. The molecule has 0 aliphatic carbocycles. The van der Waals surface area contributed by atoms with E-state index in [-0.39, 0.29) is 6.04 Å². The van der Waals surface area contributed by atoms with E-state index in [9.17, 15) is 8.78 Å². The fourth-order valence-electron chi connectivity index (χ4n) is 1.84. The Labute approximate surface area is 105 Å². The van der Waals surface area contributed by atoms with E-state index in [1.807, 2.05) is 37.3 Å². The minimum Gasteiger partial charge on any atom is -0.306 e. The molecule has 0 fully saturated rings. The summed E-state index contributed by atoms with van der Waals surface area (Å²) in [7, 11) is 0. The van der Waals surface area contributed by atoms with Gasteiger partial charge < -0.3 is 5.32 Å². The van der Waals surface area contributed by atoms with E-state index >= 15 is 0 Å². The van der Waals surface area contributed by atoms with Crippen LogP contribution in [0, 0.1) is 11.6 Å². The predicted octanol–water partition coefficient (Wildman–Crippen LogP) is 3.82. The molecule has 3 heteroatoms. The molecule has 94 valence electrons. The van der Waals surface area contributed by atoms with Crippen molar-refractivity contribution in [2.75, 3.05) is 0 Å². The Morgan fingerprint density at radius 3 is 2.22 bits per heavy atom. The third-order valence-corrected chi connectivity index (χ3v) is 2.83. The Kier molecular flexibility index (Phi) is 4.05. The summed E-state index contributed by atoms with van der Waals surface area (Å²) in [4.78, 5) is 0. The summed E-state index contributed by atoms with van der Waals surface area (Å²) in [6.45, 7) is 2.45. The van der Waals surface area contributed by atoms with Crippen LogP contribution in [-0.2, 0) is 6.54 Å². The first-order valence-corrected chi connectivity index (χ1v) is 5.88. The van der Waals surface area contributed by atoms with Crippen molar-refractivity contribution in [2.24, 2.45) is 0 Å². The van der Waals surface area contributed by atoms with Crippen molar-refractivity contribution in [3.63, 3.8) is 0 Å². The summed E-state index contributed by atoms with van der Waals surface area (Å²) in [5.74, 6) is -1.08. The van der Waals surface area contributed by atoms with E-state index in [0.29, 0.717) is 12.1 Å². The molecule has 2 aromatic carbocycles. The number of hydrogen-bond acceptors (Lipinski definition) is 1. The highest BCUT2D eigenvalue weighted by atomic mass is 19.1. The third-order valence-electron chi connectivity index (χ3n) is 2.83. The molecule has 0 radical (unpaired) electrons. The van der Waals surface area contributed by atoms with E-state index in [2.05, 4.69) is 5.32 Å². The monoisotopic (exact) mass is 247 g/mol. The highest BCUT2D eigenvalue weighted by Gasteiger charge is 2.05. The zero-order chi connectivity index (χ0) is 13.0. The van der Waals surface area contributed by atoms with Crippen LogP contribution in [-0.4, -0.2) is 0 Å². The van der Waals surface area contributed by atoms with Crippen LogP contribution >= 0.6 is 0 Å². The largest absolute Gasteiger partial charge is 0.306 e. The van der Waals surface area contributed by atoms with Gasteiger partial charge in [-0.3, -0.25) is 0 Å². The molecule has 0 amide bonds. The second-order valence-electron chi connectivity index (χ2n) is 4.29. The Bertz CT molecular complexity index is 491. The molecular formula is C15H15F2N. The number of nitrogens with one attached hydrogen (secondary N) is 1. The molecule has 0 saturated carbocycles. The molecule has 0 unspecified atom stereocenters. The van der Waals surface area contributed by atoms with Crippen LogP contribution in [0.25, 0.3) is 0 Å². The van der Waals surface area contributed by atoms with Crippen molar-refractivity contribution in [2.45, 2.75) is 19.5 Å². The smallest absolute Gasteiger partial charge is 0.126 e. The van der Waals surface area contributed by atoms with Crippen LogP contribution in [0.1, 0.15) is 24.1 Å². The van der Waals surface area contributed by atoms with Crippen molar-refractivity contribution >= 4 is 0 Å². The van der Waals surface area contributed by atoms with Gasteiger partial charge in [-0.1, -0.05) is 30.3 Å². The van der Waals surface area contributed by atoms with E-state index in [0.717, 1.165) is 11.6 Å². The number of benzene rings is 2. The topological polar surface area (TPSA) is 12.0 Å². The zero-order valence-corrected chi connectivity index (χ0v) is 10.2. The van der Waals surface area contributed by atoms with Crippen LogP contribution in [0.5, 0.6) is 0 Å². The number of rotatable bonds is 4. The molecule has 1 atom stereocenters. The summed E-state index contributed by atoms with van der Waals surface area (Å²) in [6.07, 6.45) is 0. The molecule has 0 heterocycles. The first kappa shape index (κ1) is 12.7. The minimum atomic E-state index is -0.542. The van der Waals surface area contributed by atoms with Gasteiger partial charge in [-0.15, -0.1) is 0 Å². The fraction of sp³-hybridized carbons (Fsp3) is 0.200. The Morgan fingerprint density at radius 1 is 1.00 bits per heavy atom. The maximum atomic E-state index is 13.0. The van der Waals surface area contributed by atoms with Gasteiger partial charge in [-0.2, -0.15) is 0 Å². The summed E-state index contributed by atoms with van der Waals surface area (Å²) in [5, 5.41) is 3.24. The summed E-state index contributed by atoms with van der Waals surface area (Å²) >= 11 is 0. The van der Waals surface area contributed by atoms with Crippen molar-refractivity contribution in [3.8, 4) is 0 Å². The Balaban J connectivity index is 1.99. The van der Waals surface area contributed by atoms with E-state index in [1.165, 1.54) is 12.1 Å². The van der Waals surface area contributed by atoms with E-state index in [1.54, 1.807) is 0 Å². The van der Waals surface area contributed by atoms with Gasteiger partial charge >= 0.3 is 0 Å². The van der Waals surface area contributed by atoms with Gasteiger partial charge in [0, 0.05) is 18.7 Å². The van der Waals surface area contributed by atoms with Crippen LogP contribution in [0.3, 0.4) is 0 Å². The van der Waals surface area contributed by atoms with E-state index in [4.69, 9.17) is 0 Å². The normalized spacial score (nSPS) is 12.4. The lowest BCUT2D eigenvalue weighted by Crippen LogP contribution is -2.18. The molecule has 0 aliphatic heterocycles. The average Bonchev–Trinajstić information content (AvgIpc) is 2.36. The first-order valence-electron chi connectivity index (χ1n) is 5.88. The van der Waals surface area contributed by atoms with Crippen molar-refractivity contribution in [1.82, 2.24) is 5.32 Å². The molecule has 0 spiro atoms. The van der Waals surface area contributed by atoms with Crippen LogP contribution < -0.4 is 5.32 Å². The van der Waals surface area contributed by atoms with E-state index < -0.39 is 11.6 Å². The van der Waals surface area contributed by atoms with Gasteiger partial charge in [0.2, 0.25) is 0 Å². The molecule has 2 rings (SSSR count). The van der Waals surface area contributed by atoms with Crippen LogP contribution in [0.4, 0.5) is 8.78 Å². The second-order valence-corrected chi connectivity index (χ2v) is 4.29. The first-order chi connectivity index (χ1) is 8.65. The third kappa shape index (κ3) is 3.37. The molecule has 18 heavy (non-hydrogen) atoms. The maximum Gasteiger partial charge on any atom is 0.126 e. The summed E-state index contributed by atoms with van der Waals surface area (Å²) < 4.78 is 26.0. The molecule has 1 nitrogen and oxygen atoms in total. The maximum absolute atomic E-state index is 13.0. The lowest BCUT2D eigenvalue weighted by atomic mass is 10.1. The fourth-order valence-corrected chi connectivity index (χ4v) is 1.84. The Hall–Kier alpha value is -1.74. The second kappa shape index (κ2) is 5.74. The van der Waals surface area contributed by atoms with Gasteiger partial charge in [0.1, 0.15) is 11.6 Å². The highest BCUT2D eigenvalue weighted by Crippen LogP contribution is 2.13. The van der Waals surface area contributed by atoms with Crippen molar-refractivity contribution in [1.29, 1.82) is 0 Å². The zero-order valence-electron chi connectivity index (χ0n) is 10.2. The van der Waals surface area contributed by atoms with Crippen molar-refractivity contribution in [3.05, 3.63) is 71.3 Å². The van der Waals surface area contributed by atoms with Crippen molar-refractivity contribution < 1.29 is 8.78 Å².